The number of hydrogen-bond acceptors (Lipinski definition) is 5. The molecule has 0 aromatic carbocycles. The largest absolute Gasteiger partial charge is 0.459 e. The standard InChI is InChI=1S/C15H17N3O3/c1-10-8-11(2)17-15(16-10)21-12-5-6-18(9-12)14(19)13-4-3-7-20-13/h3-4,7-8,12H,5-6,9H2,1-2H3. The number of rotatable bonds is 3. The third kappa shape index (κ3) is 3.04. The Morgan fingerprint density at radius 2 is 2.14 bits per heavy atom. The van der Waals surface area contributed by atoms with Gasteiger partial charge in [0.25, 0.3) is 5.91 Å². The SMILES string of the molecule is Cc1cc(C)nc(OC2CCN(C(=O)c3ccco3)C2)n1. The van der Waals surface area contributed by atoms with Crippen LogP contribution in [0.2, 0.25) is 0 Å². The van der Waals surface area contributed by atoms with Gasteiger partial charge in [0.2, 0.25) is 0 Å². The minimum Gasteiger partial charge on any atom is -0.459 e. The molecule has 0 saturated carbocycles. The fourth-order valence-electron chi connectivity index (χ4n) is 2.46. The van der Waals surface area contributed by atoms with Gasteiger partial charge in [-0.1, -0.05) is 0 Å². The van der Waals surface area contributed by atoms with Crippen LogP contribution in [0.5, 0.6) is 6.01 Å². The van der Waals surface area contributed by atoms with Crippen LogP contribution in [0, 0.1) is 13.8 Å². The van der Waals surface area contributed by atoms with E-state index in [4.69, 9.17) is 9.15 Å². The Bertz CT molecular complexity index is 619. The van der Waals surface area contributed by atoms with Gasteiger partial charge in [0.15, 0.2) is 5.76 Å². The Morgan fingerprint density at radius 1 is 1.38 bits per heavy atom. The summed E-state index contributed by atoms with van der Waals surface area (Å²) < 4.78 is 10.9. The Kier molecular flexibility index (Phi) is 3.60. The van der Waals surface area contributed by atoms with E-state index >= 15 is 0 Å². The van der Waals surface area contributed by atoms with Crippen LogP contribution in [-0.4, -0.2) is 40.0 Å². The minimum absolute atomic E-state index is 0.0786. The van der Waals surface area contributed by atoms with Crippen molar-refractivity contribution in [2.45, 2.75) is 26.4 Å². The summed E-state index contributed by atoms with van der Waals surface area (Å²) in [5.41, 5.74) is 1.75. The molecule has 0 bridgehead atoms. The van der Waals surface area contributed by atoms with Crippen molar-refractivity contribution in [3.8, 4) is 6.01 Å². The Hall–Kier alpha value is -2.37. The molecule has 1 aliphatic heterocycles. The lowest BCUT2D eigenvalue weighted by Gasteiger charge is -2.15. The molecular formula is C15H17N3O3. The summed E-state index contributed by atoms with van der Waals surface area (Å²) in [7, 11) is 0. The van der Waals surface area contributed by atoms with Gasteiger partial charge in [0.05, 0.1) is 12.8 Å². The van der Waals surface area contributed by atoms with E-state index in [9.17, 15) is 4.79 Å². The first kappa shape index (κ1) is 13.6. The van der Waals surface area contributed by atoms with Crippen molar-refractivity contribution in [1.29, 1.82) is 0 Å². The van der Waals surface area contributed by atoms with Crippen LogP contribution >= 0.6 is 0 Å². The van der Waals surface area contributed by atoms with Crippen molar-refractivity contribution in [3.05, 3.63) is 41.6 Å². The number of carbonyl (C=O) groups excluding carboxylic acids is 1. The maximum Gasteiger partial charge on any atom is 0.317 e. The van der Waals surface area contributed by atoms with Gasteiger partial charge in [-0.15, -0.1) is 0 Å². The van der Waals surface area contributed by atoms with Crippen molar-refractivity contribution < 1.29 is 13.9 Å². The van der Waals surface area contributed by atoms with Gasteiger partial charge in [-0.05, 0) is 32.0 Å². The quantitative estimate of drug-likeness (QED) is 0.863. The number of aromatic nitrogens is 2. The van der Waals surface area contributed by atoms with E-state index in [1.165, 1.54) is 6.26 Å². The second-order valence-electron chi connectivity index (χ2n) is 5.19. The number of ether oxygens (including phenoxy) is 1. The van der Waals surface area contributed by atoms with Gasteiger partial charge < -0.3 is 14.1 Å². The summed E-state index contributed by atoms with van der Waals surface area (Å²) in [6.07, 6.45) is 2.19. The molecule has 0 aliphatic carbocycles. The average Bonchev–Trinajstić information content (AvgIpc) is 3.07. The van der Waals surface area contributed by atoms with Crippen LogP contribution in [0.3, 0.4) is 0 Å². The maximum atomic E-state index is 12.2. The van der Waals surface area contributed by atoms with Crippen molar-refractivity contribution in [1.82, 2.24) is 14.9 Å². The Morgan fingerprint density at radius 3 is 2.81 bits per heavy atom. The normalized spacial score (nSPS) is 18.0. The van der Waals surface area contributed by atoms with Crippen LogP contribution in [0.25, 0.3) is 0 Å². The van der Waals surface area contributed by atoms with E-state index < -0.39 is 0 Å². The number of furan rings is 1. The third-order valence-electron chi connectivity index (χ3n) is 3.40. The molecule has 21 heavy (non-hydrogen) atoms. The lowest BCUT2D eigenvalue weighted by atomic mass is 10.3. The van der Waals surface area contributed by atoms with Crippen LogP contribution in [-0.2, 0) is 0 Å². The number of carbonyl (C=O) groups is 1. The van der Waals surface area contributed by atoms with E-state index in [-0.39, 0.29) is 12.0 Å². The molecule has 2 aromatic heterocycles. The minimum atomic E-state index is -0.104. The maximum absolute atomic E-state index is 12.2. The van der Waals surface area contributed by atoms with Crippen LogP contribution in [0.4, 0.5) is 0 Å². The zero-order valence-electron chi connectivity index (χ0n) is 12.1. The molecule has 1 amide bonds. The predicted octanol–water partition coefficient (Wildman–Crippen LogP) is 1.98. The van der Waals surface area contributed by atoms with Gasteiger partial charge in [0.1, 0.15) is 6.10 Å². The molecule has 2 aromatic rings. The highest BCUT2D eigenvalue weighted by Crippen LogP contribution is 2.18. The summed E-state index contributed by atoms with van der Waals surface area (Å²) in [5.74, 6) is 0.255. The highest BCUT2D eigenvalue weighted by atomic mass is 16.5. The molecule has 1 unspecified atom stereocenters. The smallest absolute Gasteiger partial charge is 0.317 e. The second kappa shape index (κ2) is 5.55. The van der Waals surface area contributed by atoms with Gasteiger partial charge in [-0.2, -0.15) is 0 Å². The molecule has 0 radical (unpaired) electrons. The summed E-state index contributed by atoms with van der Waals surface area (Å²) in [5, 5.41) is 0. The van der Waals surface area contributed by atoms with Gasteiger partial charge >= 0.3 is 6.01 Å². The van der Waals surface area contributed by atoms with E-state index in [0.29, 0.717) is 24.9 Å². The van der Waals surface area contributed by atoms with E-state index in [1.807, 2.05) is 19.9 Å². The van der Waals surface area contributed by atoms with E-state index in [2.05, 4.69) is 9.97 Å². The van der Waals surface area contributed by atoms with Crippen LogP contribution < -0.4 is 4.74 Å². The average molecular weight is 287 g/mol. The number of aryl methyl sites for hydroxylation is 2. The Labute approximate surface area is 122 Å². The highest BCUT2D eigenvalue weighted by Gasteiger charge is 2.30. The number of amides is 1. The van der Waals surface area contributed by atoms with Crippen molar-refractivity contribution in [2.75, 3.05) is 13.1 Å². The summed E-state index contributed by atoms with van der Waals surface area (Å²) >= 11 is 0. The molecule has 3 heterocycles. The lowest BCUT2D eigenvalue weighted by Crippen LogP contribution is -2.30. The zero-order valence-corrected chi connectivity index (χ0v) is 12.1. The molecule has 6 nitrogen and oxygen atoms in total. The first-order chi connectivity index (χ1) is 10.1. The summed E-state index contributed by atoms with van der Waals surface area (Å²) in [4.78, 5) is 22.4. The van der Waals surface area contributed by atoms with Crippen LogP contribution in [0.15, 0.2) is 28.9 Å². The number of hydrogen-bond donors (Lipinski definition) is 0. The highest BCUT2D eigenvalue weighted by molar-refractivity contribution is 5.91. The summed E-state index contributed by atoms with van der Waals surface area (Å²) in [6.45, 7) is 4.98. The second-order valence-corrected chi connectivity index (χ2v) is 5.19. The number of nitrogens with zero attached hydrogens (tertiary/aromatic N) is 3. The van der Waals surface area contributed by atoms with Crippen molar-refractivity contribution >= 4 is 5.91 Å². The van der Waals surface area contributed by atoms with Crippen LogP contribution in [0.1, 0.15) is 28.4 Å². The van der Waals surface area contributed by atoms with E-state index in [1.54, 1.807) is 17.0 Å². The molecule has 1 fully saturated rings. The predicted molar refractivity (Wildman–Crippen MR) is 75.2 cm³/mol. The van der Waals surface area contributed by atoms with Gasteiger partial charge in [0, 0.05) is 24.4 Å². The topological polar surface area (TPSA) is 68.5 Å². The van der Waals surface area contributed by atoms with Crippen molar-refractivity contribution in [3.63, 3.8) is 0 Å². The molecule has 6 heteroatoms. The molecule has 3 rings (SSSR count). The molecule has 0 N–H and O–H groups in total. The molecule has 1 atom stereocenters. The first-order valence-electron chi connectivity index (χ1n) is 6.93. The molecule has 0 spiro atoms. The summed E-state index contributed by atoms with van der Waals surface area (Å²) in [6, 6.07) is 5.66. The monoisotopic (exact) mass is 287 g/mol. The molecule has 110 valence electrons. The van der Waals surface area contributed by atoms with E-state index in [0.717, 1.165) is 17.8 Å². The first-order valence-corrected chi connectivity index (χ1v) is 6.93. The fourth-order valence-corrected chi connectivity index (χ4v) is 2.46. The third-order valence-corrected chi connectivity index (χ3v) is 3.40. The fraction of sp³-hybridized carbons (Fsp3) is 0.400. The van der Waals surface area contributed by atoms with Gasteiger partial charge in [-0.25, -0.2) is 9.97 Å². The molecule has 1 aliphatic rings. The van der Waals surface area contributed by atoms with Gasteiger partial charge in [-0.3, -0.25) is 4.79 Å². The van der Waals surface area contributed by atoms with Crippen molar-refractivity contribution in [2.24, 2.45) is 0 Å². The molecule has 1 saturated heterocycles. The molecular weight excluding hydrogens is 270 g/mol. The lowest BCUT2D eigenvalue weighted by molar-refractivity contribution is 0.0738. The zero-order chi connectivity index (χ0) is 14.8. The number of likely N-dealkylation sites (tertiary alicyclic amines) is 1. The Balaban J connectivity index is 1.63.